The molecule has 0 bridgehead atoms. The van der Waals surface area contributed by atoms with Crippen LogP contribution in [0.1, 0.15) is 12.5 Å². The summed E-state index contributed by atoms with van der Waals surface area (Å²) in [7, 11) is 0. The van der Waals surface area contributed by atoms with Crippen LogP contribution in [-0.4, -0.2) is 11.2 Å². The van der Waals surface area contributed by atoms with Gasteiger partial charge in [-0.15, -0.1) is 11.8 Å². The van der Waals surface area contributed by atoms with Gasteiger partial charge < -0.3 is 5.32 Å². The molecular weight excluding hydrogens is 306 g/mol. The van der Waals surface area contributed by atoms with Crippen molar-refractivity contribution in [3.63, 3.8) is 0 Å². The van der Waals surface area contributed by atoms with E-state index in [0.717, 1.165) is 23.9 Å². The van der Waals surface area contributed by atoms with E-state index in [1.165, 1.54) is 6.07 Å². The van der Waals surface area contributed by atoms with Crippen molar-refractivity contribution in [2.24, 2.45) is 0 Å². The summed E-state index contributed by atoms with van der Waals surface area (Å²) >= 11 is 1.12. The molecule has 0 aliphatic rings. The van der Waals surface area contributed by atoms with Crippen LogP contribution in [0.3, 0.4) is 0 Å². The largest absolute Gasteiger partial charge is 0.325 e. The average molecular weight is 318 g/mol. The molecule has 1 N–H and O–H groups in total. The lowest BCUT2D eigenvalue weighted by Gasteiger charge is -2.12. The number of carbonyl (C=O) groups excluding carboxylic acids is 1. The van der Waals surface area contributed by atoms with Gasteiger partial charge in [-0.1, -0.05) is 6.07 Å². The Morgan fingerprint density at radius 2 is 2.00 bits per heavy atom. The van der Waals surface area contributed by atoms with Crippen LogP contribution in [-0.2, 0) is 4.79 Å². The third-order valence-electron chi connectivity index (χ3n) is 2.83. The maximum Gasteiger partial charge on any atom is 0.237 e. The minimum atomic E-state index is -0.945. The Balaban J connectivity index is 2.02. The summed E-state index contributed by atoms with van der Waals surface area (Å²) in [5, 5.41) is 11.0. The molecule has 3 nitrogen and oxygen atoms in total. The van der Waals surface area contributed by atoms with Gasteiger partial charge in [-0.2, -0.15) is 5.26 Å². The molecule has 0 saturated carbocycles. The molecule has 2 rings (SSSR count). The minimum absolute atomic E-state index is 0.287. The van der Waals surface area contributed by atoms with E-state index in [9.17, 15) is 13.6 Å². The van der Waals surface area contributed by atoms with Crippen molar-refractivity contribution in [1.29, 1.82) is 5.26 Å². The van der Waals surface area contributed by atoms with Gasteiger partial charge in [0.05, 0.1) is 16.9 Å². The zero-order valence-corrected chi connectivity index (χ0v) is 12.5. The summed E-state index contributed by atoms with van der Waals surface area (Å²) < 4.78 is 26.0. The second kappa shape index (κ2) is 7.05. The van der Waals surface area contributed by atoms with Crippen molar-refractivity contribution in [3.8, 4) is 6.07 Å². The molecule has 0 radical (unpaired) electrons. The first-order valence-corrected chi connectivity index (χ1v) is 7.30. The van der Waals surface area contributed by atoms with Gasteiger partial charge in [0.25, 0.3) is 0 Å². The molecule has 0 spiro atoms. The Bertz CT molecular complexity index is 743. The van der Waals surface area contributed by atoms with Gasteiger partial charge in [0, 0.05) is 10.6 Å². The predicted octanol–water partition coefficient (Wildman–Crippen LogP) is 3.96. The van der Waals surface area contributed by atoms with Gasteiger partial charge in [0.2, 0.25) is 5.91 Å². The van der Waals surface area contributed by atoms with Gasteiger partial charge >= 0.3 is 0 Å². The highest BCUT2D eigenvalue weighted by Crippen LogP contribution is 2.25. The molecule has 0 saturated heterocycles. The molecule has 0 fully saturated rings. The molecule has 22 heavy (non-hydrogen) atoms. The van der Waals surface area contributed by atoms with E-state index in [2.05, 4.69) is 5.32 Å². The molecule has 112 valence electrons. The van der Waals surface area contributed by atoms with Crippen molar-refractivity contribution < 1.29 is 13.6 Å². The zero-order valence-electron chi connectivity index (χ0n) is 11.6. The van der Waals surface area contributed by atoms with Gasteiger partial charge in [-0.05, 0) is 43.3 Å². The molecule has 0 heterocycles. The number of thioether (sulfide) groups is 1. The number of rotatable bonds is 4. The third-order valence-corrected chi connectivity index (χ3v) is 3.93. The van der Waals surface area contributed by atoms with Gasteiger partial charge in [0.1, 0.15) is 0 Å². The molecule has 0 aromatic heterocycles. The van der Waals surface area contributed by atoms with E-state index in [1.807, 2.05) is 6.07 Å². The Labute approximate surface area is 131 Å². The van der Waals surface area contributed by atoms with Crippen LogP contribution in [0, 0.1) is 23.0 Å². The molecule has 1 atom stereocenters. The Morgan fingerprint density at radius 1 is 1.23 bits per heavy atom. The molecule has 0 aliphatic heterocycles. The number of benzene rings is 2. The number of amides is 1. The topological polar surface area (TPSA) is 52.9 Å². The van der Waals surface area contributed by atoms with E-state index >= 15 is 0 Å². The second-order valence-corrected chi connectivity index (χ2v) is 5.93. The fourth-order valence-corrected chi connectivity index (χ4v) is 2.61. The summed E-state index contributed by atoms with van der Waals surface area (Å²) in [6, 6.07) is 12.0. The fourth-order valence-electron chi connectivity index (χ4n) is 1.72. The van der Waals surface area contributed by atoms with Crippen LogP contribution in [0.5, 0.6) is 0 Å². The number of nitrogens with zero attached hydrogens (tertiary/aromatic N) is 1. The van der Waals surface area contributed by atoms with Crippen molar-refractivity contribution in [3.05, 3.63) is 59.7 Å². The van der Waals surface area contributed by atoms with Gasteiger partial charge in [-0.25, -0.2) is 8.78 Å². The number of anilines is 1. The number of carbonyl (C=O) groups is 1. The second-order valence-electron chi connectivity index (χ2n) is 4.52. The van der Waals surface area contributed by atoms with Crippen LogP contribution in [0.2, 0.25) is 0 Å². The summed E-state index contributed by atoms with van der Waals surface area (Å²) in [6.07, 6.45) is 0. The first kappa shape index (κ1) is 16.0. The first-order chi connectivity index (χ1) is 10.5. The normalized spacial score (nSPS) is 11.5. The average Bonchev–Trinajstić information content (AvgIpc) is 2.51. The summed E-state index contributed by atoms with van der Waals surface area (Å²) in [5.41, 5.74) is 0.959. The quantitative estimate of drug-likeness (QED) is 0.868. The smallest absolute Gasteiger partial charge is 0.237 e. The van der Waals surface area contributed by atoms with E-state index in [-0.39, 0.29) is 5.91 Å². The maximum absolute atomic E-state index is 13.1. The Hall–Kier alpha value is -2.39. The summed E-state index contributed by atoms with van der Waals surface area (Å²) in [5.74, 6) is -2.15. The Kier molecular flexibility index (Phi) is 5.12. The first-order valence-electron chi connectivity index (χ1n) is 6.42. The molecular formula is C16H12F2N2OS. The highest BCUT2D eigenvalue weighted by Gasteiger charge is 2.15. The fraction of sp³-hybridized carbons (Fsp3) is 0.125. The highest BCUT2D eigenvalue weighted by atomic mass is 32.2. The van der Waals surface area contributed by atoms with Crippen LogP contribution in [0.4, 0.5) is 14.5 Å². The summed E-state index contributed by atoms with van der Waals surface area (Å²) in [6.45, 7) is 1.66. The van der Waals surface area contributed by atoms with E-state index in [0.29, 0.717) is 16.1 Å². The number of halogens is 2. The Morgan fingerprint density at radius 3 is 2.68 bits per heavy atom. The molecule has 1 unspecified atom stereocenters. The van der Waals surface area contributed by atoms with Crippen molar-refractivity contribution in [2.75, 3.05) is 5.32 Å². The number of hydrogen-bond acceptors (Lipinski definition) is 3. The van der Waals surface area contributed by atoms with Crippen LogP contribution in [0.25, 0.3) is 0 Å². The van der Waals surface area contributed by atoms with Crippen molar-refractivity contribution >= 4 is 23.4 Å². The standard InChI is InChI=1S/C16H12F2N2OS/c1-10(22-13-5-6-14(17)15(18)8-13)16(21)20-12-4-2-3-11(7-12)9-19/h2-8,10H,1H3,(H,20,21). The van der Waals surface area contributed by atoms with E-state index in [4.69, 9.17) is 5.26 Å². The number of nitriles is 1. The SMILES string of the molecule is CC(Sc1ccc(F)c(F)c1)C(=O)Nc1cccc(C#N)c1. The van der Waals surface area contributed by atoms with E-state index in [1.54, 1.807) is 31.2 Å². The molecule has 6 heteroatoms. The summed E-state index contributed by atoms with van der Waals surface area (Å²) in [4.78, 5) is 12.6. The van der Waals surface area contributed by atoms with Crippen LogP contribution in [0.15, 0.2) is 47.4 Å². The van der Waals surface area contributed by atoms with Gasteiger partial charge in [0.15, 0.2) is 11.6 Å². The predicted molar refractivity (Wildman–Crippen MR) is 81.5 cm³/mol. The van der Waals surface area contributed by atoms with E-state index < -0.39 is 16.9 Å². The van der Waals surface area contributed by atoms with Gasteiger partial charge in [-0.3, -0.25) is 4.79 Å². The molecule has 2 aromatic rings. The minimum Gasteiger partial charge on any atom is -0.325 e. The molecule has 2 aromatic carbocycles. The third kappa shape index (κ3) is 4.06. The molecule has 1 amide bonds. The number of hydrogen-bond donors (Lipinski definition) is 1. The maximum atomic E-state index is 13.1. The zero-order chi connectivity index (χ0) is 16.1. The van der Waals surface area contributed by atoms with Crippen molar-refractivity contribution in [1.82, 2.24) is 0 Å². The number of nitrogens with one attached hydrogen (secondary N) is 1. The van der Waals surface area contributed by atoms with Crippen LogP contribution < -0.4 is 5.32 Å². The molecule has 0 aliphatic carbocycles. The van der Waals surface area contributed by atoms with Crippen LogP contribution >= 0.6 is 11.8 Å². The lowest BCUT2D eigenvalue weighted by molar-refractivity contribution is -0.115. The lowest BCUT2D eigenvalue weighted by Crippen LogP contribution is -2.22. The lowest BCUT2D eigenvalue weighted by atomic mass is 10.2. The van der Waals surface area contributed by atoms with Crippen molar-refractivity contribution in [2.45, 2.75) is 17.1 Å². The monoisotopic (exact) mass is 318 g/mol. The highest BCUT2D eigenvalue weighted by molar-refractivity contribution is 8.00.